The third-order valence-electron chi connectivity index (χ3n) is 2.15. The third kappa shape index (κ3) is 3.30. The molecule has 16 heavy (non-hydrogen) atoms. The maximum atomic E-state index is 12.3. The van der Waals surface area contributed by atoms with Crippen LogP contribution in [0.25, 0.3) is 0 Å². The Balaban J connectivity index is 2.92. The Labute approximate surface area is 97.6 Å². The van der Waals surface area contributed by atoms with Gasteiger partial charge in [0.25, 0.3) is 0 Å². The van der Waals surface area contributed by atoms with E-state index >= 15 is 0 Å². The van der Waals surface area contributed by atoms with Crippen molar-refractivity contribution >= 4 is 17.3 Å². The number of hydrogen-bond donors (Lipinski definition) is 1. The smallest absolute Gasteiger partial charge is 0.381 e. The van der Waals surface area contributed by atoms with Crippen molar-refractivity contribution in [1.29, 1.82) is 0 Å². The molecule has 0 bridgehead atoms. The van der Waals surface area contributed by atoms with Crippen LogP contribution >= 0.6 is 11.6 Å². The Morgan fingerprint density at radius 3 is 2.50 bits per heavy atom. The molecule has 0 spiro atoms. The zero-order chi connectivity index (χ0) is 12.3. The van der Waals surface area contributed by atoms with Crippen molar-refractivity contribution in [3.63, 3.8) is 0 Å². The van der Waals surface area contributed by atoms with E-state index in [0.717, 1.165) is 18.6 Å². The van der Waals surface area contributed by atoms with Gasteiger partial charge in [-0.3, -0.25) is 0 Å². The molecular weight excluding hydrogens is 239 g/mol. The van der Waals surface area contributed by atoms with E-state index in [2.05, 4.69) is 12.2 Å². The lowest BCUT2D eigenvalue weighted by atomic mass is 10.1. The molecular formula is C11H12ClF3N. The molecule has 89 valence electrons. The summed E-state index contributed by atoms with van der Waals surface area (Å²) in [5.74, 6) is 0. The van der Waals surface area contributed by atoms with Gasteiger partial charge in [0.1, 0.15) is 0 Å². The molecule has 1 unspecified atom stereocenters. The number of rotatable bonds is 3. The van der Waals surface area contributed by atoms with Crippen LogP contribution in [0.3, 0.4) is 0 Å². The second-order valence-corrected chi connectivity index (χ2v) is 3.85. The van der Waals surface area contributed by atoms with Crippen LogP contribution in [0.1, 0.15) is 18.9 Å². The van der Waals surface area contributed by atoms with Crippen molar-refractivity contribution in [2.45, 2.75) is 25.6 Å². The number of anilines is 1. The zero-order valence-corrected chi connectivity index (χ0v) is 9.49. The Bertz CT molecular complexity index is 363. The highest BCUT2D eigenvalue weighted by atomic mass is 35.5. The second kappa shape index (κ2) is 4.95. The minimum atomic E-state index is -4.36. The average molecular weight is 251 g/mol. The van der Waals surface area contributed by atoms with Gasteiger partial charge in [-0.2, -0.15) is 13.2 Å². The predicted octanol–water partition coefficient (Wildman–Crippen LogP) is 4.38. The van der Waals surface area contributed by atoms with Crippen LogP contribution in [-0.4, -0.2) is 6.04 Å². The van der Waals surface area contributed by atoms with Gasteiger partial charge in [-0.25, -0.2) is 0 Å². The topological polar surface area (TPSA) is 12.0 Å². The van der Waals surface area contributed by atoms with E-state index in [1.54, 1.807) is 0 Å². The summed E-state index contributed by atoms with van der Waals surface area (Å²) in [5.41, 5.74) is -0.281. The van der Waals surface area contributed by atoms with Gasteiger partial charge in [-0.1, -0.05) is 18.5 Å². The lowest BCUT2D eigenvalue weighted by Gasteiger charge is -2.15. The fraction of sp³-hybridized carbons (Fsp3) is 0.364. The molecule has 0 heterocycles. The van der Waals surface area contributed by atoms with Crippen LogP contribution in [-0.2, 0) is 6.18 Å². The largest absolute Gasteiger partial charge is 0.416 e. The van der Waals surface area contributed by atoms with Gasteiger partial charge >= 0.3 is 6.18 Å². The number of nitrogens with one attached hydrogen (secondary N) is 1. The number of alkyl halides is 3. The Kier molecular flexibility index (Phi) is 4.08. The summed E-state index contributed by atoms with van der Waals surface area (Å²) in [4.78, 5) is 0. The van der Waals surface area contributed by atoms with Crippen LogP contribution in [0.5, 0.6) is 0 Å². The summed E-state index contributed by atoms with van der Waals surface area (Å²) < 4.78 is 37.0. The van der Waals surface area contributed by atoms with E-state index in [9.17, 15) is 13.2 Å². The zero-order valence-electron chi connectivity index (χ0n) is 8.74. The van der Waals surface area contributed by atoms with Crippen LogP contribution in [0.15, 0.2) is 18.2 Å². The standard InChI is InChI=1S/C11H12ClF3N/c1-3-7(2)16-10-5-4-8(6-9(10)12)11(13,14)15/h4-7,16H,2-3H2,1H3. The lowest BCUT2D eigenvalue weighted by Crippen LogP contribution is -2.14. The number of halogens is 4. The molecule has 0 aliphatic heterocycles. The summed E-state index contributed by atoms with van der Waals surface area (Å²) >= 11 is 5.75. The summed E-state index contributed by atoms with van der Waals surface area (Å²) in [6, 6.07) is 3.15. The molecule has 1 atom stereocenters. The SMILES string of the molecule is [CH2]C(CC)Nc1ccc(C(F)(F)F)cc1Cl. The molecule has 1 N–H and O–H groups in total. The number of hydrogen-bond acceptors (Lipinski definition) is 1. The van der Waals surface area contributed by atoms with Crippen molar-refractivity contribution < 1.29 is 13.2 Å². The van der Waals surface area contributed by atoms with Crippen molar-refractivity contribution in [2.75, 3.05) is 5.32 Å². The quantitative estimate of drug-likeness (QED) is 0.839. The van der Waals surface area contributed by atoms with Gasteiger partial charge in [-0.15, -0.1) is 0 Å². The first-order chi connectivity index (χ1) is 7.34. The molecule has 0 saturated heterocycles. The average Bonchev–Trinajstić information content (AvgIpc) is 2.19. The predicted molar refractivity (Wildman–Crippen MR) is 59.5 cm³/mol. The van der Waals surface area contributed by atoms with Gasteiger partial charge in [0.15, 0.2) is 0 Å². The van der Waals surface area contributed by atoms with E-state index in [1.165, 1.54) is 6.07 Å². The van der Waals surface area contributed by atoms with Gasteiger partial charge < -0.3 is 5.32 Å². The van der Waals surface area contributed by atoms with Gasteiger partial charge in [0.2, 0.25) is 0 Å². The fourth-order valence-electron chi connectivity index (χ4n) is 1.13. The molecule has 5 heteroatoms. The fourth-order valence-corrected chi connectivity index (χ4v) is 1.37. The molecule has 0 fully saturated rings. The van der Waals surface area contributed by atoms with E-state index < -0.39 is 11.7 Å². The van der Waals surface area contributed by atoms with Crippen LogP contribution < -0.4 is 5.32 Å². The Morgan fingerprint density at radius 1 is 1.44 bits per heavy atom. The van der Waals surface area contributed by atoms with Crippen molar-refractivity contribution in [2.24, 2.45) is 0 Å². The Hall–Kier alpha value is -0.900. The van der Waals surface area contributed by atoms with E-state index in [4.69, 9.17) is 11.6 Å². The summed E-state index contributed by atoms with van der Waals surface area (Å²) in [5, 5.41) is 2.98. The molecule has 0 saturated carbocycles. The molecule has 1 radical (unpaired) electrons. The summed E-state index contributed by atoms with van der Waals surface area (Å²) in [6.45, 7) is 5.69. The van der Waals surface area contributed by atoms with Crippen LogP contribution in [0.4, 0.5) is 18.9 Å². The maximum absolute atomic E-state index is 12.3. The molecule has 0 aliphatic carbocycles. The first-order valence-corrected chi connectivity index (χ1v) is 5.18. The van der Waals surface area contributed by atoms with Crippen LogP contribution in [0.2, 0.25) is 5.02 Å². The van der Waals surface area contributed by atoms with Crippen LogP contribution in [0, 0.1) is 6.92 Å². The molecule has 1 aromatic rings. The highest BCUT2D eigenvalue weighted by molar-refractivity contribution is 6.33. The molecule has 1 aromatic carbocycles. The van der Waals surface area contributed by atoms with E-state index in [0.29, 0.717) is 5.69 Å². The minimum Gasteiger partial charge on any atom is -0.381 e. The highest BCUT2D eigenvalue weighted by Gasteiger charge is 2.30. The molecule has 1 rings (SSSR count). The Morgan fingerprint density at radius 2 is 2.06 bits per heavy atom. The van der Waals surface area contributed by atoms with E-state index in [-0.39, 0.29) is 11.1 Å². The first kappa shape index (κ1) is 13.2. The van der Waals surface area contributed by atoms with E-state index in [1.807, 2.05) is 6.92 Å². The first-order valence-electron chi connectivity index (χ1n) is 4.81. The highest BCUT2D eigenvalue weighted by Crippen LogP contribution is 2.33. The molecule has 1 nitrogen and oxygen atoms in total. The summed E-state index contributed by atoms with van der Waals surface area (Å²) in [7, 11) is 0. The second-order valence-electron chi connectivity index (χ2n) is 3.44. The number of benzene rings is 1. The van der Waals surface area contributed by atoms with Gasteiger partial charge in [0.05, 0.1) is 16.3 Å². The minimum absolute atomic E-state index is 0.0527. The van der Waals surface area contributed by atoms with Crippen molar-refractivity contribution in [1.82, 2.24) is 0 Å². The maximum Gasteiger partial charge on any atom is 0.416 e. The van der Waals surface area contributed by atoms with Gasteiger partial charge in [-0.05, 0) is 31.5 Å². The normalized spacial score (nSPS) is 13.6. The monoisotopic (exact) mass is 250 g/mol. The van der Waals surface area contributed by atoms with Crippen molar-refractivity contribution in [3.05, 3.63) is 35.7 Å². The lowest BCUT2D eigenvalue weighted by molar-refractivity contribution is -0.137. The van der Waals surface area contributed by atoms with Crippen molar-refractivity contribution in [3.8, 4) is 0 Å². The molecule has 0 aliphatic rings. The third-order valence-corrected chi connectivity index (χ3v) is 2.46. The molecule has 0 aromatic heterocycles. The van der Waals surface area contributed by atoms with Gasteiger partial charge in [0, 0.05) is 6.04 Å². The molecule has 0 amide bonds. The summed E-state index contributed by atoms with van der Waals surface area (Å²) in [6.07, 6.45) is -3.60.